The Labute approximate surface area is 116 Å². The highest BCUT2D eigenvalue weighted by atomic mass is 16.7. The Hall–Kier alpha value is -0.160. The third kappa shape index (κ3) is 3.13. The molecule has 2 saturated heterocycles. The van der Waals surface area contributed by atoms with Crippen molar-refractivity contribution in [3.05, 3.63) is 0 Å². The van der Waals surface area contributed by atoms with Gasteiger partial charge in [-0.05, 0) is 38.6 Å². The van der Waals surface area contributed by atoms with Gasteiger partial charge in [0.1, 0.15) is 0 Å². The van der Waals surface area contributed by atoms with Gasteiger partial charge in [0, 0.05) is 19.1 Å². The molecule has 0 aromatic rings. The maximum Gasteiger partial charge on any atom is 0.159 e. The van der Waals surface area contributed by atoms with E-state index in [0.717, 1.165) is 26.2 Å². The predicted octanol–water partition coefficient (Wildman–Crippen LogP) is 2.08. The van der Waals surface area contributed by atoms with Crippen molar-refractivity contribution in [1.82, 2.24) is 5.32 Å². The lowest BCUT2D eigenvalue weighted by Crippen LogP contribution is -2.46. The molecule has 2 unspecified atom stereocenters. The Morgan fingerprint density at radius 2 is 1.89 bits per heavy atom. The number of hydrogen-bond acceptors (Lipinski definition) is 4. The molecule has 0 bridgehead atoms. The molecule has 0 radical (unpaired) electrons. The largest absolute Gasteiger partial charge is 0.375 e. The number of nitrogens with one attached hydrogen (secondary N) is 1. The first kappa shape index (κ1) is 13.8. The van der Waals surface area contributed by atoms with Crippen LogP contribution in [0.4, 0.5) is 0 Å². The van der Waals surface area contributed by atoms with E-state index >= 15 is 0 Å². The van der Waals surface area contributed by atoms with Crippen molar-refractivity contribution in [2.45, 2.75) is 62.9 Å². The molecule has 0 amide bonds. The second kappa shape index (κ2) is 6.08. The fourth-order valence-electron chi connectivity index (χ4n) is 4.07. The fraction of sp³-hybridized carbons (Fsp3) is 1.00. The first-order valence-corrected chi connectivity index (χ1v) is 7.86. The van der Waals surface area contributed by atoms with Gasteiger partial charge in [-0.3, -0.25) is 0 Å². The van der Waals surface area contributed by atoms with Crippen LogP contribution in [0.2, 0.25) is 0 Å². The summed E-state index contributed by atoms with van der Waals surface area (Å²) < 4.78 is 17.3. The molecule has 2 atom stereocenters. The average molecular weight is 269 g/mol. The van der Waals surface area contributed by atoms with Crippen molar-refractivity contribution in [3.63, 3.8) is 0 Å². The standard InChI is InChI=1S/C15H27NO3/c1-16-13(10-14-17-8-9-18-14)12-4-7-19-15(11-12)5-2-3-6-15/h12-14,16H,2-11H2,1H3. The molecule has 2 aliphatic heterocycles. The molecule has 3 aliphatic rings. The third-order valence-corrected chi connectivity index (χ3v) is 5.12. The number of hydrogen-bond donors (Lipinski definition) is 1. The molecule has 4 heteroatoms. The summed E-state index contributed by atoms with van der Waals surface area (Å²) in [6.45, 7) is 2.42. The summed E-state index contributed by atoms with van der Waals surface area (Å²) in [5, 5.41) is 3.49. The average Bonchev–Trinajstić information content (AvgIpc) is 3.08. The van der Waals surface area contributed by atoms with Gasteiger partial charge in [0.05, 0.1) is 18.8 Å². The molecular weight excluding hydrogens is 242 g/mol. The van der Waals surface area contributed by atoms with E-state index in [0.29, 0.717) is 12.0 Å². The second-order valence-electron chi connectivity index (χ2n) is 6.29. The zero-order chi connectivity index (χ0) is 13.1. The highest BCUT2D eigenvalue weighted by molar-refractivity contribution is 4.94. The van der Waals surface area contributed by atoms with Crippen molar-refractivity contribution in [1.29, 1.82) is 0 Å². The van der Waals surface area contributed by atoms with Gasteiger partial charge in [-0.15, -0.1) is 0 Å². The summed E-state index contributed by atoms with van der Waals surface area (Å²) in [5.74, 6) is 0.699. The molecule has 110 valence electrons. The fourth-order valence-corrected chi connectivity index (χ4v) is 4.07. The van der Waals surface area contributed by atoms with Crippen molar-refractivity contribution in [3.8, 4) is 0 Å². The van der Waals surface area contributed by atoms with Gasteiger partial charge in [-0.1, -0.05) is 12.8 Å². The molecule has 0 aromatic carbocycles. The molecule has 0 aromatic heterocycles. The highest BCUT2D eigenvalue weighted by Crippen LogP contribution is 2.43. The Balaban J connectivity index is 1.58. The maximum absolute atomic E-state index is 6.13. The summed E-state index contributed by atoms with van der Waals surface area (Å²) >= 11 is 0. The lowest BCUT2D eigenvalue weighted by atomic mass is 9.79. The second-order valence-corrected chi connectivity index (χ2v) is 6.29. The quantitative estimate of drug-likeness (QED) is 0.848. The van der Waals surface area contributed by atoms with E-state index in [1.54, 1.807) is 0 Å². The molecule has 4 nitrogen and oxygen atoms in total. The predicted molar refractivity (Wildman–Crippen MR) is 73.0 cm³/mol. The molecule has 1 spiro atoms. The minimum Gasteiger partial charge on any atom is -0.375 e. The molecule has 1 N–H and O–H groups in total. The van der Waals surface area contributed by atoms with Gasteiger partial charge < -0.3 is 19.5 Å². The van der Waals surface area contributed by atoms with Crippen molar-refractivity contribution in [2.24, 2.45) is 5.92 Å². The Kier molecular flexibility index (Phi) is 4.42. The minimum absolute atomic E-state index is 0.000164. The van der Waals surface area contributed by atoms with Gasteiger partial charge in [-0.25, -0.2) is 0 Å². The summed E-state index contributed by atoms with van der Waals surface area (Å²) in [6, 6.07) is 0.490. The highest BCUT2D eigenvalue weighted by Gasteiger charge is 2.42. The Morgan fingerprint density at radius 3 is 2.58 bits per heavy atom. The lowest BCUT2D eigenvalue weighted by molar-refractivity contribution is -0.107. The van der Waals surface area contributed by atoms with Crippen LogP contribution < -0.4 is 5.32 Å². The maximum atomic E-state index is 6.13. The van der Waals surface area contributed by atoms with Crippen LogP contribution in [-0.2, 0) is 14.2 Å². The zero-order valence-electron chi connectivity index (χ0n) is 12.0. The molecular formula is C15H27NO3. The van der Waals surface area contributed by atoms with Crippen molar-refractivity contribution >= 4 is 0 Å². The van der Waals surface area contributed by atoms with Crippen molar-refractivity contribution < 1.29 is 14.2 Å². The van der Waals surface area contributed by atoms with Crippen LogP contribution in [0, 0.1) is 5.92 Å². The van der Waals surface area contributed by atoms with Crippen LogP contribution >= 0.6 is 0 Å². The normalized spacial score (nSPS) is 33.0. The Morgan fingerprint density at radius 1 is 1.16 bits per heavy atom. The topological polar surface area (TPSA) is 39.7 Å². The first-order chi connectivity index (χ1) is 9.31. The summed E-state index contributed by atoms with van der Waals surface area (Å²) in [5.41, 5.74) is 0.204. The molecule has 3 fully saturated rings. The number of rotatable bonds is 4. The van der Waals surface area contributed by atoms with Crippen LogP contribution in [0.15, 0.2) is 0 Å². The van der Waals surface area contributed by atoms with Gasteiger partial charge in [0.2, 0.25) is 0 Å². The van der Waals surface area contributed by atoms with Gasteiger partial charge in [0.15, 0.2) is 6.29 Å². The molecule has 2 heterocycles. The third-order valence-electron chi connectivity index (χ3n) is 5.12. The minimum atomic E-state index is -0.000164. The lowest BCUT2D eigenvalue weighted by Gasteiger charge is -2.41. The van der Waals surface area contributed by atoms with Crippen LogP contribution in [0.5, 0.6) is 0 Å². The molecule has 1 saturated carbocycles. The van der Waals surface area contributed by atoms with E-state index in [9.17, 15) is 0 Å². The van der Waals surface area contributed by atoms with E-state index < -0.39 is 0 Å². The van der Waals surface area contributed by atoms with Gasteiger partial charge in [0.25, 0.3) is 0 Å². The Bertz CT molecular complexity index is 285. The SMILES string of the molecule is CNC(CC1OCCO1)C1CCOC2(CCCC2)C1. The first-order valence-electron chi connectivity index (χ1n) is 7.86. The van der Waals surface area contributed by atoms with Crippen LogP contribution in [0.3, 0.4) is 0 Å². The van der Waals surface area contributed by atoms with E-state index in [2.05, 4.69) is 12.4 Å². The van der Waals surface area contributed by atoms with Crippen LogP contribution in [-0.4, -0.2) is 44.8 Å². The zero-order valence-corrected chi connectivity index (χ0v) is 12.0. The molecule has 3 rings (SSSR count). The van der Waals surface area contributed by atoms with E-state index in [-0.39, 0.29) is 11.9 Å². The van der Waals surface area contributed by atoms with E-state index in [1.165, 1.54) is 38.5 Å². The summed E-state index contributed by atoms with van der Waals surface area (Å²) in [7, 11) is 2.07. The summed E-state index contributed by atoms with van der Waals surface area (Å²) in [4.78, 5) is 0. The smallest absolute Gasteiger partial charge is 0.159 e. The molecule has 1 aliphatic carbocycles. The van der Waals surface area contributed by atoms with Crippen molar-refractivity contribution in [2.75, 3.05) is 26.9 Å². The monoisotopic (exact) mass is 269 g/mol. The van der Waals surface area contributed by atoms with E-state index in [4.69, 9.17) is 14.2 Å². The molecule has 19 heavy (non-hydrogen) atoms. The van der Waals surface area contributed by atoms with Crippen LogP contribution in [0.25, 0.3) is 0 Å². The van der Waals surface area contributed by atoms with Crippen LogP contribution in [0.1, 0.15) is 44.9 Å². The van der Waals surface area contributed by atoms with Gasteiger partial charge >= 0.3 is 0 Å². The number of ether oxygens (including phenoxy) is 3. The van der Waals surface area contributed by atoms with Gasteiger partial charge in [-0.2, -0.15) is 0 Å². The van der Waals surface area contributed by atoms with E-state index in [1.807, 2.05) is 0 Å². The summed E-state index contributed by atoms with van der Waals surface area (Å²) in [6.07, 6.45) is 8.55.